The molecule has 2 aromatic rings. The van der Waals surface area contributed by atoms with Crippen molar-refractivity contribution in [3.8, 4) is 11.3 Å². The van der Waals surface area contributed by atoms with Crippen molar-refractivity contribution in [2.45, 2.75) is 105 Å². The highest BCUT2D eigenvalue weighted by atomic mass is 16.6. The van der Waals surface area contributed by atoms with Gasteiger partial charge in [0.05, 0.1) is 24.3 Å². The Balaban J connectivity index is 1.54. The van der Waals surface area contributed by atoms with Crippen LogP contribution in [0.2, 0.25) is 0 Å². The molecule has 2 aliphatic heterocycles. The maximum Gasteiger partial charge on any atom is 0.410 e. The van der Waals surface area contributed by atoms with Gasteiger partial charge in [-0.2, -0.15) is 0 Å². The van der Waals surface area contributed by atoms with Crippen molar-refractivity contribution >= 4 is 23.5 Å². The zero-order chi connectivity index (χ0) is 33.8. The quantitative estimate of drug-likeness (QED) is 0.219. The van der Waals surface area contributed by atoms with Crippen molar-refractivity contribution < 1.29 is 29.0 Å². The summed E-state index contributed by atoms with van der Waals surface area (Å²) < 4.78 is 13.9. The molecule has 0 unspecified atom stereocenters. The number of esters is 1. The van der Waals surface area contributed by atoms with Gasteiger partial charge in [0.15, 0.2) is 5.60 Å². The van der Waals surface area contributed by atoms with Crippen LogP contribution in [0.15, 0.2) is 42.1 Å². The first-order valence-corrected chi connectivity index (χ1v) is 16.6. The summed E-state index contributed by atoms with van der Waals surface area (Å²) in [6.45, 7) is 13.8. The lowest BCUT2D eigenvalue weighted by Crippen LogP contribution is -2.57. The van der Waals surface area contributed by atoms with E-state index in [0.29, 0.717) is 32.4 Å². The van der Waals surface area contributed by atoms with Gasteiger partial charge in [0.1, 0.15) is 17.6 Å². The van der Waals surface area contributed by atoms with Gasteiger partial charge in [0, 0.05) is 49.1 Å². The number of aryl methyl sites for hydroxylation is 1. The minimum absolute atomic E-state index is 0.0181. The van der Waals surface area contributed by atoms with Gasteiger partial charge < -0.3 is 24.8 Å². The molecule has 252 valence electrons. The maximum absolute atomic E-state index is 13.9. The smallest absolute Gasteiger partial charge is 0.410 e. The van der Waals surface area contributed by atoms with Crippen molar-refractivity contribution in [2.75, 3.05) is 18.9 Å². The normalized spacial score (nSPS) is 32.2. The predicted molar refractivity (Wildman–Crippen MR) is 176 cm³/mol. The van der Waals surface area contributed by atoms with E-state index >= 15 is 0 Å². The van der Waals surface area contributed by atoms with E-state index in [1.54, 1.807) is 23.4 Å². The second-order valence-electron chi connectivity index (χ2n) is 13.4. The molecule has 11 heteroatoms. The number of ether oxygens (including phenoxy) is 2. The summed E-state index contributed by atoms with van der Waals surface area (Å²) in [7, 11) is 1.87. The highest BCUT2D eigenvalue weighted by molar-refractivity contribution is 5.85. The predicted octanol–water partition coefficient (Wildman–Crippen LogP) is 5.49. The van der Waals surface area contributed by atoms with Crippen LogP contribution in [0.5, 0.6) is 0 Å². The molecule has 1 saturated heterocycles. The van der Waals surface area contributed by atoms with Crippen LogP contribution >= 0.6 is 0 Å². The van der Waals surface area contributed by atoms with Crippen LogP contribution in [-0.4, -0.2) is 80.3 Å². The molecule has 1 amide bonds. The molecule has 0 aliphatic carbocycles. The Labute approximate surface area is 272 Å². The molecule has 0 spiro atoms. The van der Waals surface area contributed by atoms with Crippen molar-refractivity contribution in [1.29, 1.82) is 0 Å². The van der Waals surface area contributed by atoms with Gasteiger partial charge in [-0.05, 0) is 58.6 Å². The number of carbonyl (C=O) groups excluding carboxylic acids is 3. The Hall–Kier alpha value is -3.73. The maximum atomic E-state index is 13.9. The van der Waals surface area contributed by atoms with E-state index in [-0.39, 0.29) is 17.6 Å². The molecular weight excluding hydrogens is 586 g/mol. The number of hydrogen-bond donors (Lipinski definition) is 2. The Morgan fingerprint density at radius 1 is 1.09 bits per heavy atom. The molecule has 3 heterocycles. The fourth-order valence-electron chi connectivity index (χ4n) is 7.16. The lowest BCUT2D eigenvalue weighted by Gasteiger charge is -2.40. The molecule has 0 bridgehead atoms. The first-order valence-electron chi connectivity index (χ1n) is 16.6. The minimum atomic E-state index is -1.26. The van der Waals surface area contributed by atoms with Crippen LogP contribution in [0.1, 0.15) is 74.1 Å². The average molecular weight is 638 g/mol. The number of Topliss-reactive ketones (excluding diaryl/α,β-unsaturated/α-hetero) is 1. The summed E-state index contributed by atoms with van der Waals surface area (Å²) in [4.78, 5) is 42.4. The largest absolute Gasteiger partial charge is 0.458 e. The van der Waals surface area contributed by atoms with E-state index in [1.807, 2.05) is 78.2 Å². The third kappa shape index (κ3) is 7.45. The molecule has 2 aliphatic rings. The number of hydrogen-bond acceptors (Lipinski definition) is 9. The van der Waals surface area contributed by atoms with Gasteiger partial charge in [-0.25, -0.2) is 4.79 Å². The number of allylic oxidation sites excluding steroid dienone is 1. The van der Waals surface area contributed by atoms with Gasteiger partial charge in [-0.1, -0.05) is 56.7 Å². The van der Waals surface area contributed by atoms with Gasteiger partial charge in [-0.15, -0.1) is 5.10 Å². The molecule has 0 saturated carbocycles. The van der Waals surface area contributed by atoms with Crippen LogP contribution in [0.4, 0.5) is 10.5 Å². The molecule has 11 nitrogen and oxygen atoms in total. The number of fused-ring (bicyclic) bond motifs is 1. The number of benzene rings is 1. The molecule has 2 N–H and O–H groups in total. The molecule has 46 heavy (non-hydrogen) atoms. The molecule has 0 radical (unpaired) electrons. The van der Waals surface area contributed by atoms with E-state index < -0.39 is 47.7 Å². The summed E-state index contributed by atoms with van der Waals surface area (Å²) in [5.41, 5.74) is 2.44. The van der Waals surface area contributed by atoms with Gasteiger partial charge in [-0.3, -0.25) is 14.3 Å². The number of anilines is 1. The summed E-state index contributed by atoms with van der Waals surface area (Å²) in [5, 5.41) is 22.7. The van der Waals surface area contributed by atoms with E-state index in [2.05, 4.69) is 15.6 Å². The standard InChI is InChI=1S/C35H51N5O6/c1-9-29-35(7)32(24(5)30(41)22(3)17-21(2)18-23(4)31(42)25(6)33(43)45-29)40(34(44)46-35)16-11-10-15-39-20-28(37-38-39)26-13-12-14-27(19-26)36-8/h12-14,18-20,22-25,29,31-32,36,42H,9-11,15-17H2,1-8H3/b21-18-/t22-,23-,24+,25-,29-,31+,32+,35-/m1/s1. The fourth-order valence-corrected chi connectivity index (χ4v) is 7.16. The van der Waals surface area contributed by atoms with E-state index in [4.69, 9.17) is 9.47 Å². The van der Waals surface area contributed by atoms with Crippen LogP contribution in [0.3, 0.4) is 0 Å². The van der Waals surface area contributed by atoms with Crippen LogP contribution in [-0.2, 0) is 25.6 Å². The van der Waals surface area contributed by atoms with Crippen LogP contribution in [0.25, 0.3) is 11.3 Å². The monoisotopic (exact) mass is 637 g/mol. The SMILES string of the molecule is CC[C@H]1OC(=O)[C@H](C)[C@@H](O)[C@H](C)/C=C(/C)C[C@@H](C)C(=O)[C@H](C)[C@@H]2N(CCCCn3cc(-c4cccc(NC)c4)nn3)C(=O)O[C@@]21C. The average Bonchev–Trinajstić information content (AvgIpc) is 3.61. The number of aliphatic hydroxyl groups is 1. The number of nitrogens with one attached hydrogen (secondary N) is 1. The number of rotatable bonds is 8. The Morgan fingerprint density at radius 2 is 1.80 bits per heavy atom. The Kier molecular flexibility index (Phi) is 11.3. The summed E-state index contributed by atoms with van der Waals surface area (Å²) in [6.07, 6.45) is 3.81. The summed E-state index contributed by atoms with van der Waals surface area (Å²) in [6, 6.07) is 7.31. The second-order valence-corrected chi connectivity index (χ2v) is 13.4. The Morgan fingerprint density at radius 3 is 2.50 bits per heavy atom. The zero-order valence-corrected chi connectivity index (χ0v) is 28.5. The lowest BCUT2D eigenvalue weighted by atomic mass is 9.76. The minimum Gasteiger partial charge on any atom is -0.458 e. The van der Waals surface area contributed by atoms with Gasteiger partial charge in [0.25, 0.3) is 0 Å². The van der Waals surface area contributed by atoms with Gasteiger partial charge in [0.2, 0.25) is 0 Å². The third-order valence-corrected chi connectivity index (χ3v) is 9.76. The molecular formula is C35H51N5O6. The van der Waals surface area contributed by atoms with Crippen molar-refractivity contribution in [1.82, 2.24) is 19.9 Å². The number of carbonyl (C=O) groups is 3. The Bertz CT molecular complexity index is 1420. The number of amides is 1. The lowest BCUT2D eigenvalue weighted by molar-refractivity contribution is -0.173. The molecule has 1 fully saturated rings. The summed E-state index contributed by atoms with van der Waals surface area (Å²) in [5.74, 6) is -2.50. The van der Waals surface area contributed by atoms with Crippen LogP contribution in [0, 0.1) is 23.7 Å². The first-order chi connectivity index (χ1) is 21.8. The first kappa shape index (κ1) is 35.1. The zero-order valence-electron chi connectivity index (χ0n) is 28.5. The van der Waals surface area contributed by atoms with E-state index in [0.717, 1.165) is 28.9 Å². The number of nitrogens with zero attached hydrogens (tertiary/aromatic N) is 4. The second kappa shape index (κ2) is 14.8. The topological polar surface area (TPSA) is 136 Å². The number of unbranched alkanes of at least 4 members (excludes halogenated alkanes) is 1. The van der Waals surface area contributed by atoms with E-state index in [1.165, 1.54) is 0 Å². The van der Waals surface area contributed by atoms with Crippen LogP contribution < -0.4 is 5.32 Å². The number of aromatic nitrogens is 3. The molecule has 1 aromatic carbocycles. The number of cyclic esters (lactones) is 1. The molecule has 1 aromatic heterocycles. The summed E-state index contributed by atoms with van der Waals surface area (Å²) >= 11 is 0. The third-order valence-electron chi connectivity index (χ3n) is 9.76. The highest BCUT2D eigenvalue weighted by Gasteiger charge is 2.59. The van der Waals surface area contributed by atoms with E-state index in [9.17, 15) is 19.5 Å². The van der Waals surface area contributed by atoms with Gasteiger partial charge >= 0.3 is 12.1 Å². The number of ketones is 1. The van der Waals surface area contributed by atoms with Crippen molar-refractivity contribution in [2.24, 2.45) is 23.7 Å². The molecule has 4 rings (SSSR count). The van der Waals surface area contributed by atoms with Crippen molar-refractivity contribution in [3.63, 3.8) is 0 Å². The molecule has 8 atom stereocenters. The van der Waals surface area contributed by atoms with Crippen molar-refractivity contribution in [3.05, 3.63) is 42.1 Å². The number of aliphatic hydroxyl groups excluding tert-OH is 1. The highest BCUT2D eigenvalue weighted by Crippen LogP contribution is 2.41. The fraction of sp³-hybridized carbons (Fsp3) is 0.629.